The van der Waals surface area contributed by atoms with Gasteiger partial charge in [0.15, 0.2) is 9.84 Å². The van der Waals surface area contributed by atoms with Crippen LogP contribution < -0.4 is 10.6 Å². The summed E-state index contributed by atoms with van der Waals surface area (Å²) in [5.74, 6) is 1.30. The van der Waals surface area contributed by atoms with Crippen LogP contribution in [0.3, 0.4) is 0 Å². The van der Waals surface area contributed by atoms with Gasteiger partial charge in [-0.05, 0) is 58.6 Å². The van der Waals surface area contributed by atoms with Crippen LogP contribution in [0.5, 0.6) is 0 Å². The number of aromatic nitrogens is 3. The summed E-state index contributed by atoms with van der Waals surface area (Å²) in [6.45, 7) is 7.12. The molecule has 1 aliphatic heterocycles. The smallest absolute Gasteiger partial charge is 0.407 e. The molecule has 2 aromatic rings. The van der Waals surface area contributed by atoms with Gasteiger partial charge in [0.2, 0.25) is 0 Å². The Hall–Kier alpha value is -2.66. The van der Waals surface area contributed by atoms with Gasteiger partial charge in [0, 0.05) is 31.4 Å². The highest BCUT2D eigenvalue weighted by Crippen LogP contribution is 2.38. The van der Waals surface area contributed by atoms with Crippen molar-refractivity contribution in [2.24, 2.45) is 0 Å². The molecular formula is C23H33N5O5S. The van der Waals surface area contributed by atoms with Crippen LogP contribution in [0.2, 0.25) is 0 Å². The van der Waals surface area contributed by atoms with Crippen molar-refractivity contribution >= 4 is 27.6 Å². The maximum absolute atomic E-state index is 12.3. The summed E-state index contributed by atoms with van der Waals surface area (Å²) in [4.78, 5) is 16.9. The van der Waals surface area contributed by atoms with Crippen LogP contribution in [0, 0.1) is 0 Å². The van der Waals surface area contributed by atoms with Gasteiger partial charge in [0.05, 0.1) is 28.4 Å². The second kappa shape index (κ2) is 9.53. The number of carbonyl (C=O) groups excluding carboxylic acids is 1. The molecule has 3 heterocycles. The van der Waals surface area contributed by atoms with Crippen molar-refractivity contribution in [2.45, 2.75) is 75.5 Å². The van der Waals surface area contributed by atoms with Gasteiger partial charge < -0.3 is 20.1 Å². The zero-order chi connectivity index (χ0) is 24.5. The van der Waals surface area contributed by atoms with E-state index in [2.05, 4.69) is 36.4 Å². The molecule has 11 heteroatoms. The van der Waals surface area contributed by atoms with Crippen LogP contribution in [0.15, 0.2) is 23.1 Å². The first-order valence-corrected chi connectivity index (χ1v) is 13.5. The third kappa shape index (κ3) is 5.87. The largest absolute Gasteiger partial charge is 0.446 e. The summed E-state index contributed by atoms with van der Waals surface area (Å²) in [6, 6.07) is 5.04. The van der Waals surface area contributed by atoms with Crippen molar-refractivity contribution < 1.29 is 22.7 Å². The molecular weight excluding hydrogens is 458 g/mol. The van der Waals surface area contributed by atoms with Crippen molar-refractivity contribution in [3.63, 3.8) is 0 Å². The number of anilines is 2. The van der Waals surface area contributed by atoms with Crippen molar-refractivity contribution in [2.75, 3.05) is 24.7 Å². The lowest BCUT2D eigenvalue weighted by Crippen LogP contribution is -2.29. The number of fused-ring (bicyclic) bond motifs is 7. The lowest BCUT2D eigenvalue weighted by molar-refractivity contribution is 0.0956. The predicted octanol–water partition coefficient (Wildman–Crippen LogP) is 3.46. The Morgan fingerprint density at radius 1 is 1.18 bits per heavy atom. The van der Waals surface area contributed by atoms with Gasteiger partial charge in [-0.2, -0.15) is 5.10 Å². The maximum atomic E-state index is 12.3. The molecule has 2 aliphatic rings. The van der Waals surface area contributed by atoms with E-state index in [1.54, 1.807) is 0 Å². The highest BCUT2D eigenvalue weighted by Gasteiger charge is 2.32. The molecule has 0 radical (unpaired) electrons. The Morgan fingerprint density at radius 2 is 1.97 bits per heavy atom. The summed E-state index contributed by atoms with van der Waals surface area (Å²) < 4.78 is 37.8. The summed E-state index contributed by atoms with van der Waals surface area (Å²) in [6.07, 6.45) is 3.58. The minimum Gasteiger partial charge on any atom is -0.446 e. The minimum absolute atomic E-state index is 0.146. The van der Waals surface area contributed by atoms with Crippen LogP contribution in [-0.2, 0) is 31.5 Å². The first-order valence-electron chi connectivity index (χ1n) is 11.6. The molecule has 4 rings (SSSR count). The van der Waals surface area contributed by atoms with Crippen molar-refractivity contribution in [3.05, 3.63) is 29.6 Å². The van der Waals surface area contributed by atoms with E-state index in [1.165, 1.54) is 18.4 Å². The highest BCUT2D eigenvalue weighted by atomic mass is 32.2. The molecule has 1 aliphatic carbocycles. The Bertz CT molecular complexity index is 1150. The van der Waals surface area contributed by atoms with Crippen LogP contribution in [0.1, 0.15) is 63.8 Å². The molecule has 10 nitrogen and oxygen atoms in total. The first kappa shape index (κ1) is 24.5. The van der Waals surface area contributed by atoms with Crippen LogP contribution in [0.4, 0.5) is 16.4 Å². The van der Waals surface area contributed by atoms with Crippen LogP contribution >= 0.6 is 0 Å². The Kier molecular flexibility index (Phi) is 6.86. The molecule has 1 fully saturated rings. The van der Waals surface area contributed by atoms with E-state index in [9.17, 15) is 13.2 Å². The summed E-state index contributed by atoms with van der Waals surface area (Å²) >= 11 is 0. The number of ether oxygens (including phenoxy) is 2. The number of amides is 1. The fraction of sp³-hybridized carbons (Fsp3) is 0.609. The van der Waals surface area contributed by atoms with E-state index in [4.69, 9.17) is 14.6 Å². The number of carbonyl (C=O) groups is 1. The molecule has 2 atom stereocenters. The average Bonchev–Trinajstić information content (AvgIpc) is 3.36. The van der Waals surface area contributed by atoms with E-state index in [1.807, 2.05) is 10.7 Å². The monoisotopic (exact) mass is 491 g/mol. The van der Waals surface area contributed by atoms with E-state index >= 15 is 0 Å². The zero-order valence-corrected chi connectivity index (χ0v) is 20.9. The molecule has 1 amide bonds. The number of nitrogens with one attached hydrogen (secondary N) is 2. The Morgan fingerprint density at radius 3 is 2.71 bits per heavy atom. The molecule has 6 bridgehead atoms. The molecule has 1 saturated carbocycles. The Balaban J connectivity index is 1.73. The SMILES string of the molecule is CC(C)(C)n1nc2cc1Nc1cc(S(C)(=O)=O)cc(n1)COCCCNC(=O)O[C@@H]1CC[C@H]2C1. The van der Waals surface area contributed by atoms with Gasteiger partial charge in [-0.1, -0.05) is 0 Å². The maximum Gasteiger partial charge on any atom is 0.407 e. The molecule has 0 unspecified atom stereocenters. The molecule has 34 heavy (non-hydrogen) atoms. The highest BCUT2D eigenvalue weighted by molar-refractivity contribution is 7.90. The van der Waals surface area contributed by atoms with Gasteiger partial charge in [0.25, 0.3) is 0 Å². The fourth-order valence-electron chi connectivity index (χ4n) is 4.29. The summed E-state index contributed by atoms with van der Waals surface area (Å²) in [7, 11) is -3.45. The fourth-order valence-corrected chi connectivity index (χ4v) is 4.97. The number of rotatable bonds is 1. The number of nitrogens with zero attached hydrogens (tertiary/aromatic N) is 3. The van der Waals surface area contributed by atoms with Crippen molar-refractivity contribution in [1.29, 1.82) is 0 Å². The molecule has 0 saturated heterocycles. The summed E-state index contributed by atoms with van der Waals surface area (Å²) in [5.41, 5.74) is 1.08. The van der Waals surface area contributed by atoms with Gasteiger partial charge in [-0.25, -0.2) is 22.9 Å². The van der Waals surface area contributed by atoms with Gasteiger partial charge in [0.1, 0.15) is 17.7 Å². The standard InChI is InChI=1S/C23H33N5O5S/c1-23(2,3)28-21-13-19(27-28)15-6-7-17(10-15)33-22(29)24-8-5-9-32-14-16-11-18(34(4,30)31)12-20(25-16)26-21/h11-13,15,17H,5-10,14H2,1-4H3,(H,24,29)(H,25,26)/t15-,17+/m0/s1. The van der Waals surface area contributed by atoms with Crippen molar-refractivity contribution in [3.8, 4) is 0 Å². The van der Waals surface area contributed by atoms with Crippen LogP contribution in [-0.4, -0.2) is 54.8 Å². The van der Waals surface area contributed by atoms with Crippen LogP contribution in [0.25, 0.3) is 0 Å². The van der Waals surface area contributed by atoms with Gasteiger partial charge in [-0.15, -0.1) is 0 Å². The molecule has 186 valence electrons. The molecule has 2 aromatic heterocycles. The number of sulfone groups is 1. The topological polar surface area (TPSA) is 124 Å². The normalized spacial score (nSPS) is 22.2. The Labute approximate surface area is 200 Å². The molecule has 0 aromatic carbocycles. The third-order valence-electron chi connectivity index (χ3n) is 5.96. The van der Waals surface area contributed by atoms with E-state index in [0.29, 0.717) is 37.5 Å². The van der Waals surface area contributed by atoms with E-state index < -0.39 is 15.9 Å². The number of hydrogen-bond donors (Lipinski definition) is 2. The molecule has 2 N–H and O–H groups in total. The number of alkyl carbamates (subject to hydrolysis) is 1. The minimum atomic E-state index is -3.45. The average molecular weight is 492 g/mol. The lowest BCUT2D eigenvalue weighted by Gasteiger charge is -2.23. The summed E-state index contributed by atoms with van der Waals surface area (Å²) in [5, 5.41) is 10.9. The van der Waals surface area contributed by atoms with E-state index in [-0.39, 0.29) is 29.1 Å². The number of pyridine rings is 1. The second-order valence-corrected chi connectivity index (χ2v) is 12.0. The predicted molar refractivity (Wildman–Crippen MR) is 127 cm³/mol. The quantitative estimate of drug-likeness (QED) is 0.621. The number of hydrogen-bond acceptors (Lipinski definition) is 8. The van der Waals surface area contributed by atoms with Gasteiger partial charge in [-0.3, -0.25) is 0 Å². The lowest BCUT2D eigenvalue weighted by atomic mass is 10.0. The van der Waals surface area contributed by atoms with Gasteiger partial charge >= 0.3 is 6.09 Å². The zero-order valence-electron chi connectivity index (χ0n) is 20.1. The molecule has 0 spiro atoms. The second-order valence-electron chi connectivity index (χ2n) is 9.98. The third-order valence-corrected chi connectivity index (χ3v) is 7.05. The van der Waals surface area contributed by atoms with Crippen molar-refractivity contribution in [1.82, 2.24) is 20.1 Å². The first-order chi connectivity index (χ1) is 16.0. The van der Waals surface area contributed by atoms with E-state index in [0.717, 1.165) is 24.4 Å².